The maximum absolute atomic E-state index is 13.8. The second-order valence-electron chi connectivity index (χ2n) is 4.59. The molecule has 112 valence electrons. The Balaban J connectivity index is 2.19. The second-order valence-corrected chi connectivity index (χ2v) is 5.85. The summed E-state index contributed by atoms with van der Waals surface area (Å²) >= 11 is 9.08. The van der Waals surface area contributed by atoms with E-state index in [9.17, 15) is 8.78 Å². The zero-order valence-corrected chi connectivity index (χ0v) is 13.5. The van der Waals surface area contributed by atoms with Crippen molar-refractivity contribution < 1.29 is 13.5 Å². The molecule has 0 amide bonds. The van der Waals surface area contributed by atoms with Crippen LogP contribution in [0.3, 0.4) is 0 Å². The highest BCUT2D eigenvalue weighted by atomic mass is 79.9. The van der Waals surface area contributed by atoms with Gasteiger partial charge in [0.2, 0.25) is 0 Å². The lowest BCUT2D eigenvalue weighted by atomic mass is 10.1. The highest BCUT2D eigenvalue weighted by Gasteiger charge is 2.14. The van der Waals surface area contributed by atoms with Gasteiger partial charge in [-0.25, -0.2) is 8.78 Å². The van der Waals surface area contributed by atoms with Crippen molar-refractivity contribution in [1.29, 1.82) is 0 Å². The lowest BCUT2D eigenvalue weighted by Crippen LogP contribution is -2.06. The molecule has 0 radical (unpaired) electrons. The van der Waals surface area contributed by atoms with Gasteiger partial charge in [-0.3, -0.25) is 0 Å². The van der Waals surface area contributed by atoms with Crippen LogP contribution in [0.15, 0.2) is 34.8 Å². The SMILES string of the molecule is CC(N)c1ccc(OCc2c(F)ccc(Br)c2F)c(Cl)c1. The van der Waals surface area contributed by atoms with E-state index in [0.29, 0.717) is 10.8 Å². The first kappa shape index (κ1) is 16.2. The van der Waals surface area contributed by atoms with Gasteiger partial charge in [-0.15, -0.1) is 0 Å². The maximum Gasteiger partial charge on any atom is 0.146 e. The summed E-state index contributed by atoms with van der Waals surface area (Å²) < 4.78 is 33.0. The van der Waals surface area contributed by atoms with Crippen molar-refractivity contribution in [2.45, 2.75) is 19.6 Å². The summed E-state index contributed by atoms with van der Waals surface area (Å²) in [7, 11) is 0. The van der Waals surface area contributed by atoms with Gasteiger partial charge >= 0.3 is 0 Å². The van der Waals surface area contributed by atoms with Gasteiger partial charge in [-0.1, -0.05) is 17.7 Å². The number of hydrogen-bond acceptors (Lipinski definition) is 2. The fourth-order valence-corrected chi connectivity index (χ4v) is 2.38. The lowest BCUT2D eigenvalue weighted by molar-refractivity contribution is 0.292. The third-order valence-corrected chi connectivity index (χ3v) is 3.90. The van der Waals surface area contributed by atoms with Crippen molar-refractivity contribution >= 4 is 27.5 Å². The van der Waals surface area contributed by atoms with E-state index < -0.39 is 11.6 Å². The van der Waals surface area contributed by atoms with Crippen LogP contribution in [-0.2, 0) is 6.61 Å². The lowest BCUT2D eigenvalue weighted by Gasteiger charge is -2.12. The molecular formula is C15H13BrClF2NO. The zero-order valence-electron chi connectivity index (χ0n) is 11.2. The van der Waals surface area contributed by atoms with Gasteiger partial charge in [0.25, 0.3) is 0 Å². The molecule has 2 rings (SSSR count). The molecule has 0 saturated heterocycles. The van der Waals surface area contributed by atoms with Crippen LogP contribution in [0.2, 0.25) is 5.02 Å². The minimum atomic E-state index is -0.682. The largest absolute Gasteiger partial charge is 0.487 e. The number of halogens is 4. The topological polar surface area (TPSA) is 35.2 Å². The molecular weight excluding hydrogens is 364 g/mol. The number of rotatable bonds is 4. The zero-order chi connectivity index (χ0) is 15.6. The van der Waals surface area contributed by atoms with Gasteiger partial charge in [0.05, 0.1) is 15.1 Å². The van der Waals surface area contributed by atoms with E-state index in [1.165, 1.54) is 12.1 Å². The molecule has 0 saturated carbocycles. The van der Waals surface area contributed by atoms with Crippen molar-refractivity contribution in [2.24, 2.45) is 5.73 Å². The first-order valence-electron chi connectivity index (χ1n) is 6.20. The number of nitrogens with two attached hydrogens (primary N) is 1. The molecule has 21 heavy (non-hydrogen) atoms. The average Bonchev–Trinajstić information content (AvgIpc) is 2.44. The number of ether oxygens (including phenoxy) is 1. The molecule has 0 aromatic heterocycles. The molecule has 0 aliphatic carbocycles. The Labute approximate surface area is 135 Å². The predicted molar refractivity (Wildman–Crippen MR) is 82.4 cm³/mol. The van der Waals surface area contributed by atoms with Gasteiger partial charge < -0.3 is 10.5 Å². The van der Waals surface area contributed by atoms with Crippen molar-refractivity contribution in [3.8, 4) is 5.75 Å². The fraction of sp³-hybridized carbons (Fsp3) is 0.200. The molecule has 0 bridgehead atoms. The smallest absolute Gasteiger partial charge is 0.146 e. The summed E-state index contributed by atoms with van der Waals surface area (Å²) in [5, 5.41) is 0.348. The molecule has 0 spiro atoms. The normalized spacial score (nSPS) is 12.3. The highest BCUT2D eigenvalue weighted by molar-refractivity contribution is 9.10. The van der Waals surface area contributed by atoms with Gasteiger partial charge in [0, 0.05) is 6.04 Å². The standard InChI is InChI=1S/C15H13BrClF2NO/c1-8(20)9-2-5-14(12(17)6-9)21-7-10-13(18)4-3-11(16)15(10)19/h2-6,8H,7,20H2,1H3. The van der Waals surface area contributed by atoms with E-state index in [1.807, 2.05) is 6.92 Å². The van der Waals surface area contributed by atoms with Crippen molar-refractivity contribution in [3.05, 3.63) is 62.6 Å². The summed E-state index contributed by atoms with van der Waals surface area (Å²) in [5.74, 6) is -1.00. The van der Waals surface area contributed by atoms with E-state index >= 15 is 0 Å². The van der Waals surface area contributed by atoms with Gasteiger partial charge in [-0.2, -0.15) is 0 Å². The number of benzene rings is 2. The van der Waals surface area contributed by atoms with E-state index in [0.717, 1.165) is 5.56 Å². The van der Waals surface area contributed by atoms with E-state index in [2.05, 4.69) is 15.9 Å². The summed E-state index contributed by atoms with van der Waals surface area (Å²) in [5.41, 5.74) is 6.45. The Morgan fingerprint density at radius 2 is 2.00 bits per heavy atom. The summed E-state index contributed by atoms with van der Waals surface area (Å²) in [6.45, 7) is 1.58. The van der Waals surface area contributed by atoms with Crippen LogP contribution in [-0.4, -0.2) is 0 Å². The Bertz CT molecular complexity index is 664. The van der Waals surface area contributed by atoms with Gasteiger partial charge in [0.15, 0.2) is 0 Å². The molecule has 1 unspecified atom stereocenters. The fourth-order valence-electron chi connectivity index (χ4n) is 1.77. The Morgan fingerprint density at radius 1 is 1.29 bits per heavy atom. The molecule has 0 heterocycles. The second kappa shape index (κ2) is 6.73. The van der Waals surface area contributed by atoms with Crippen LogP contribution in [0.1, 0.15) is 24.1 Å². The molecule has 1 atom stereocenters. The molecule has 2 N–H and O–H groups in total. The Kier molecular flexibility index (Phi) is 5.19. The molecule has 0 fully saturated rings. The third kappa shape index (κ3) is 3.73. The van der Waals surface area contributed by atoms with E-state index in [1.54, 1.807) is 18.2 Å². The summed E-state index contributed by atoms with van der Waals surface area (Å²) in [6, 6.07) is 7.39. The Morgan fingerprint density at radius 3 is 2.62 bits per heavy atom. The van der Waals surface area contributed by atoms with Crippen molar-refractivity contribution in [1.82, 2.24) is 0 Å². The maximum atomic E-state index is 13.8. The molecule has 2 nitrogen and oxygen atoms in total. The van der Waals surface area contributed by atoms with Crippen LogP contribution in [0.4, 0.5) is 8.78 Å². The average molecular weight is 377 g/mol. The van der Waals surface area contributed by atoms with Crippen LogP contribution < -0.4 is 10.5 Å². The summed E-state index contributed by atoms with van der Waals surface area (Å²) in [4.78, 5) is 0. The quantitative estimate of drug-likeness (QED) is 0.764. The minimum Gasteiger partial charge on any atom is -0.487 e. The molecule has 6 heteroatoms. The Hall–Kier alpha value is -1.17. The van der Waals surface area contributed by atoms with Crippen LogP contribution in [0.25, 0.3) is 0 Å². The summed E-state index contributed by atoms with van der Waals surface area (Å²) in [6.07, 6.45) is 0. The predicted octanol–water partition coefficient (Wildman–Crippen LogP) is 4.98. The number of hydrogen-bond donors (Lipinski definition) is 1. The van der Waals surface area contributed by atoms with Crippen LogP contribution >= 0.6 is 27.5 Å². The first-order valence-corrected chi connectivity index (χ1v) is 7.37. The van der Waals surface area contributed by atoms with Crippen molar-refractivity contribution in [3.63, 3.8) is 0 Å². The highest BCUT2D eigenvalue weighted by Crippen LogP contribution is 2.29. The molecule has 0 aliphatic rings. The van der Waals surface area contributed by atoms with Crippen LogP contribution in [0.5, 0.6) is 5.75 Å². The van der Waals surface area contributed by atoms with Gasteiger partial charge in [-0.05, 0) is 52.7 Å². The van der Waals surface area contributed by atoms with Crippen LogP contribution in [0, 0.1) is 11.6 Å². The monoisotopic (exact) mass is 375 g/mol. The molecule has 0 aliphatic heterocycles. The third-order valence-electron chi connectivity index (χ3n) is 2.99. The minimum absolute atomic E-state index is 0.156. The molecule has 2 aromatic carbocycles. The first-order chi connectivity index (χ1) is 9.90. The van der Waals surface area contributed by atoms with E-state index in [4.69, 9.17) is 22.1 Å². The molecule has 2 aromatic rings. The van der Waals surface area contributed by atoms with Gasteiger partial charge in [0.1, 0.15) is 24.0 Å². The van der Waals surface area contributed by atoms with E-state index in [-0.39, 0.29) is 22.7 Å². The van der Waals surface area contributed by atoms with Crippen molar-refractivity contribution in [2.75, 3.05) is 0 Å².